The maximum atomic E-state index is 13.7. The van der Waals surface area contributed by atoms with Gasteiger partial charge in [-0.25, -0.2) is 18.9 Å². The average molecular weight is 564 g/mol. The summed E-state index contributed by atoms with van der Waals surface area (Å²) in [6.07, 6.45) is -4.33. The Hall–Kier alpha value is -5.19. The molecule has 0 unspecified atom stereocenters. The van der Waals surface area contributed by atoms with E-state index in [1.54, 1.807) is 42.5 Å². The lowest BCUT2D eigenvalue weighted by Crippen LogP contribution is -2.18. The van der Waals surface area contributed by atoms with Gasteiger partial charge in [0, 0.05) is 11.1 Å². The van der Waals surface area contributed by atoms with Gasteiger partial charge >= 0.3 is 12.1 Å². The Balaban J connectivity index is 1.44. The highest BCUT2D eigenvalue weighted by atomic mass is 19.4. The SMILES string of the molecule is COc1cc(-c2ccc(F)cc2)ccc1COc1ccccc1-c1cccc(-n2ncc(C(=O)O)c2C(F)(F)F)n1. The van der Waals surface area contributed by atoms with E-state index < -0.39 is 23.4 Å². The van der Waals surface area contributed by atoms with Gasteiger partial charge in [0.2, 0.25) is 0 Å². The number of aromatic nitrogens is 3. The molecular formula is C30H21F4N3O4. The number of aromatic carboxylic acids is 1. The van der Waals surface area contributed by atoms with E-state index in [9.17, 15) is 27.5 Å². The molecule has 5 rings (SSSR count). The van der Waals surface area contributed by atoms with Crippen LogP contribution < -0.4 is 9.47 Å². The number of benzene rings is 3. The third-order valence-corrected chi connectivity index (χ3v) is 6.23. The average Bonchev–Trinajstić information content (AvgIpc) is 3.44. The zero-order chi connectivity index (χ0) is 29.1. The number of methoxy groups -OCH3 is 1. The molecule has 1 N–H and O–H groups in total. The largest absolute Gasteiger partial charge is 0.496 e. The van der Waals surface area contributed by atoms with Crippen LogP contribution in [0, 0.1) is 5.82 Å². The summed E-state index contributed by atoms with van der Waals surface area (Å²) in [5, 5.41) is 12.9. The number of pyridine rings is 1. The van der Waals surface area contributed by atoms with Gasteiger partial charge in [0.15, 0.2) is 11.5 Å². The Morgan fingerprint density at radius 2 is 1.66 bits per heavy atom. The number of hydrogen-bond donors (Lipinski definition) is 1. The van der Waals surface area contributed by atoms with Crippen LogP contribution >= 0.6 is 0 Å². The standard InChI is InChI=1S/C30H21F4N3O4/c1-40-26-15-19(18-11-13-21(31)14-12-18)9-10-20(26)17-41-25-7-3-2-5-22(25)24-6-4-8-27(36-24)37-28(30(32,33)34)23(16-35-37)29(38)39/h2-16H,17H2,1H3,(H,38,39). The topological polar surface area (TPSA) is 86.5 Å². The maximum Gasteiger partial charge on any atom is 0.434 e. The molecule has 0 aliphatic rings. The van der Waals surface area contributed by atoms with Gasteiger partial charge in [-0.1, -0.05) is 42.5 Å². The summed E-state index contributed by atoms with van der Waals surface area (Å²) in [6.45, 7) is 0.100. The van der Waals surface area contributed by atoms with Crippen LogP contribution in [-0.4, -0.2) is 33.0 Å². The first-order valence-electron chi connectivity index (χ1n) is 12.2. The van der Waals surface area contributed by atoms with Crippen LogP contribution in [0.15, 0.2) is 91.1 Å². The first kappa shape index (κ1) is 27.4. The number of carboxylic acids is 1. The zero-order valence-corrected chi connectivity index (χ0v) is 21.4. The molecule has 2 heterocycles. The molecular weight excluding hydrogens is 542 g/mol. The maximum absolute atomic E-state index is 13.7. The molecule has 0 saturated heterocycles. The Kier molecular flexibility index (Phi) is 7.43. The lowest BCUT2D eigenvalue weighted by atomic mass is 10.0. The quantitative estimate of drug-likeness (QED) is 0.204. The summed E-state index contributed by atoms with van der Waals surface area (Å²) in [6, 6.07) is 22.8. The highest BCUT2D eigenvalue weighted by molar-refractivity contribution is 5.89. The van der Waals surface area contributed by atoms with Gasteiger partial charge in [0.05, 0.1) is 19.0 Å². The van der Waals surface area contributed by atoms with Crippen molar-refractivity contribution in [3.05, 3.63) is 114 Å². The van der Waals surface area contributed by atoms with Crippen molar-refractivity contribution in [3.63, 3.8) is 0 Å². The van der Waals surface area contributed by atoms with Gasteiger partial charge in [-0.15, -0.1) is 0 Å². The van der Waals surface area contributed by atoms with E-state index in [-0.39, 0.29) is 23.9 Å². The molecule has 5 aromatic rings. The molecule has 11 heteroatoms. The Morgan fingerprint density at radius 3 is 2.37 bits per heavy atom. The third-order valence-electron chi connectivity index (χ3n) is 6.23. The number of halogens is 4. The van der Waals surface area contributed by atoms with Gasteiger partial charge in [0.1, 0.15) is 29.5 Å². The first-order chi connectivity index (χ1) is 19.7. The molecule has 0 amide bonds. The minimum Gasteiger partial charge on any atom is -0.496 e. The molecule has 41 heavy (non-hydrogen) atoms. The van der Waals surface area contributed by atoms with Crippen LogP contribution in [0.2, 0.25) is 0 Å². The van der Waals surface area contributed by atoms with Crippen molar-refractivity contribution in [2.45, 2.75) is 12.8 Å². The fourth-order valence-electron chi connectivity index (χ4n) is 4.29. The molecule has 0 saturated carbocycles. The predicted molar refractivity (Wildman–Crippen MR) is 141 cm³/mol. The summed E-state index contributed by atoms with van der Waals surface area (Å²) in [7, 11) is 1.52. The molecule has 0 spiro atoms. The summed E-state index contributed by atoms with van der Waals surface area (Å²) < 4.78 is 66.6. The molecule has 0 bridgehead atoms. The summed E-state index contributed by atoms with van der Waals surface area (Å²) >= 11 is 0. The summed E-state index contributed by atoms with van der Waals surface area (Å²) in [4.78, 5) is 15.7. The van der Waals surface area contributed by atoms with Gasteiger partial charge in [-0.3, -0.25) is 0 Å². The van der Waals surface area contributed by atoms with Crippen LogP contribution in [0.5, 0.6) is 11.5 Å². The number of rotatable bonds is 8. The van der Waals surface area contributed by atoms with E-state index >= 15 is 0 Å². The van der Waals surface area contributed by atoms with Crippen molar-refractivity contribution in [1.82, 2.24) is 14.8 Å². The van der Waals surface area contributed by atoms with Gasteiger partial charge in [-0.2, -0.15) is 18.3 Å². The number of alkyl halides is 3. The molecule has 0 fully saturated rings. The molecule has 208 valence electrons. The zero-order valence-electron chi connectivity index (χ0n) is 21.4. The normalized spacial score (nSPS) is 11.3. The first-order valence-corrected chi connectivity index (χ1v) is 12.2. The second kappa shape index (κ2) is 11.1. The lowest BCUT2D eigenvalue weighted by molar-refractivity contribution is -0.143. The van der Waals surface area contributed by atoms with Crippen molar-refractivity contribution >= 4 is 5.97 Å². The Morgan fingerprint density at radius 1 is 0.927 bits per heavy atom. The molecule has 0 atom stereocenters. The number of ether oxygens (including phenoxy) is 2. The van der Waals surface area contributed by atoms with E-state index in [0.717, 1.165) is 16.7 Å². The fourth-order valence-corrected chi connectivity index (χ4v) is 4.29. The van der Waals surface area contributed by atoms with Crippen LogP contribution in [0.3, 0.4) is 0 Å². The predicted octanol–water partition coefficient (Wildman–Crippen LogP) is 7.05. The van der Waals surface area contributed by atoms with Crippen LogP contribution in [-0.2, 0) is 12.8 Å². The Labute approximate surface area is 231 Å². The molecule has 2 aromatic heterocycles. The third kappa shape index (κ3) is 5.74. The fraction of sp³-hybridized carbons (Fsp3) is 0.100. The van der Waals surface area contributed by atoms with Crippen molar-refractivity contribution in [3.8, 4) is 39.7 Å². The number of nitrogens with zero attached hydrogens (tertiary/aromatic N) is 3. The van der Waals surface area contributed by atoms with Gasteiger partial charge < -0.3 is 14.6 Å². The molecule has 3 aromatic carbocycles. The Bertz CT molecular complexity index is 1720. The number of carboxylic acid groups (broad SMARTS) is 1. The van der Waals surface area contributed by atoms with Crippen molar-refractivity contribution in [2.24, 2.45) is 0 Å². The number of para-hydroxylation sites is 1. The monoisotopic (exact) mass is 563 g/mol. The van der Waals surface area contributed by atoms with E-state index in [1.807, 2.05) is 18.2 Å². The van der Waals surface area contributed by atoms with Crippen LogP contribution in [0.25, 0.3) is 28.2 Å². The van der Waals surface area contributed by atoms with Crippen LogP contribution in [0.1, 0.15) is 21.6 Å². The van der Waals surface area contributed by atoms with E-state index in [0.29, 0.717) is 27.9 Å². The molecule has 0 radical (unpaired) electrons. The minimum absolute atomic E-state index is 0.100. The second-order valence-corrected chi connectivity index (χ2v) is 8.82. The highest BCUT2D eigenvalue weighted by Crippen LogP contribution is 2.35. The highest BCUT2D eigenvalue weighted by Gasteiger charge is 2.41. The summed E-state index contributed by atoms with van der Waals surface area (Å²) in [5.74, 6) is -1.34. The molecule has 0 aliphatic carbocycles. The number of hydrogen-bond acceptors (Lipinski definition) is 5. The van der Waals surface area contributed by atoms with E-state index in [4.69, 9.17) is 9.47 Å². The minimum atomic E-state index is -4.98. The van der Waals surface area contributed by atoms with Crippen LogP contribution in [0.4, 0.5) is 17.6 Å². The summed E-state index contributed by atoms with van der Waals surface area (Å²) in [5.41, 5.74) is 0.739. The molecule has 7 nitrogen and oxygen atoms in total. The van der Waals surface area contributed by atoms with Gasteiger partial charge in [0.25, 0.3) is 0 Å². The van der Waals surface area contributed by atoms with E-state index in [2.05, 4.69) is 10.1 Å². The van der Waals surface area contributed by atoms with Crippen molar-refractivity contribution in [2.75, 3.05) is 7.11 Å². The lowest BCUT2D eigenvalue weighted by Gasteiger charge is -2.15. The van der Waals surface area contributed by atoms with Crippen molar-refractivity contribution < 1.29 is 36.9 Å². The second-order valence-electron chi connectivity index (χ2n) is 8.82. The number of carbonyl (C=O) groups is 1. The smallest absolute Gasteiger partial charge is 0.434 e. The van der Waals surface area contributed by atoms with Crippen molar-refractivity contribution in [1.29, 1.82) is 0 Å². The molecule has 0 aliphatic heterocycles. The van der Waals surface area contributed by atoms with Gasteiger partial charge in [-0.05, 0) is 53.6 Å². The van der Waals surface area contributed by atoms with E-state index in [1.165, 1.54) is 31.4 Å².